The number of carbonyl (C=O) groups excluding carboxylic acids is 1. The van der Waals surface area contributed by atoms with Gasteiger partial charge in [0.1, 0.15) is 0 Å². The van der Waals surface area contributed by atoms with E-state index in [-0.39, 0.29) is 11.3 Å². The first-order valence-corrected chi connectivity index (χ1v) is 11.6. The zero-order valence-electron chi connectivity index (χ0n) is 19.5. The molecular weight excluding hydrogens is 364 g/mol. The van der Waals surface area contributed by atoms with E-state index in [1.165, 1.54) is 26.2 Å². The summed E-state index contributed by atoms with van der Waals surface area (Å²) in [6, 6.07) is 0. The topological polar surface area (TPSA) is 63.2 Å². The van der Waals surface area contributed by atoms with Crippen LogP contribution in [0.1, 0.15) is 46.5 Å². The molecule has 0 aromatic heterocycles. The molecule has 168 valence electrons. The SMILES string of the molecule is CCNC(=NCC1(C(=O)N(C)C)CCCC1)NCC(C)CN1CCN(CC)CC1. The number of hydrogen-bond acceptors (Lipinski definition) is 4. The Morgan fingerprint density at radius 1 is 1.07 bits per heavy atom. The highest BCUT2D eigenvalue weighted by Gasteiger charge is 2.42. The first-order valence-electron chi connectivity index (χ1n) is 11.6. The fourth-order valence-corrected chi connectivity index (χ4v) is 4.60. The zero-order valence-corrected chi connectivity index (χ0v) is 19.5. The lowest BCUT2D eigenvalue weighted by Gasteiger charge is -2.35. The number of rotatable bonds is 9. The van der Waals surface area contributed by atoms with Crippen LogP contribution in [-0.4, -0.2) is 99.6 Å². The van der Waals surface area contributed by atoms with E-state index in [1.807, 2.05) is 14.1 Å². The van der Waals surface area contributed by atoms with E-state index in [0.717, 1.165) is 57.8 Å². The number of guanidine groups is 1. The van der Waals surface area contributed by atoms with E-state index in [9.17, 15) is 4.79 Å². The number of nitrogens with one attached hydrogen (secondary N) is 2. The van der Waals surface area contributed by atoms with E-state index >= 15 is 0 Å². The highest BCUT2D eigenvalue weighted by atomic mass is 16.2. The minimum Gasteiger partial charge on any atom is -0.357 e. The molecule has 2 fully saturated rings. The second-order valence-corrected chi connectivity index (χ2v) is 9.10. The zero-order chi connectivity index (χ0) is 21.3. The summed E-state index contributed by atoms with van der Waals surface area (Å²) in [5.74, 6) is 1.62. The standard InChI is InChI=1S/C22H44N6O/c1-6-23-21(25-18-22(10-8-9-11-22)20(29)26(4)5)24-16-19(3)17-28-14-12-27(7-2)13-15-28/h19H,6-18H2,1-5H3,(H2,23,24,25). The van der Waals surface area contributed by atoms with Crippen LogP contribution in [0, 0.1) is 11.3 Å². The van der Waals surface area contributed by atoms with E-state index in [4.69, 9.17) is 4.99 Å². The summed E-state index contributed by atoms with van der Waals surface area (Å²) >= 11 is 0. The van der Waals surface area contributed by atoms with Crippen LogP contribution in [0.3, 0.4) is 0 Å². The molecule has 1 aliphatic carbocycles. The Morgan fingerprint density at radius 2 is 1.69 bits per heavy atom. The number of piperazine rings is 1. The molecule has 2 N–H and O–H groups in total. The van der Waals surface area contributed by atoms with Crippen molar-refractivity contribution >= 4 is 11.9 Å². The van der Waals surface area contributed by atoms with E-state index in [0.29, 0.717) is 12.5 Å². The molecule has 0 spiro atoms. The summed E-state index contributed by atoms with van der Waals surface area (Å²) in [4.78, 5) is 24.4. The Labute approximate surface area is 178 Å². The third-order valence-electron chi connectivity index (χ3n) is 6.40. The molecule has 1 heterocycles. The number of likely N-dealkylation sites (N-methyl/N-ethyl adjacent to an activating group) is 1. The normalized spacial score (nSPS) is 21.8. The lowest BCUT2D eigenvalue weighted by atomic mass is 9.85. The van der Waals surface area contributed by atoms with Crippen LogP contribution >= 0.6 is 0 Å². The van der Waals surface area contributed by atoms with Crippen LogP contribution in [0.4, 0.5) is 0 Å². The minimum atomic E-state index is -0.309. The second-order valence-electron chi connectivity index (χ2n) is 9.10. The molecule has 2 aliphatic rings. The molecule has 29 heavy (non-hydrogen) atoms. The molecule has 0 radical (unpaired) electrons. The van der Waals surface area contributed by atoms with Crippen molar-refractivity contribution in [2.75, 3.05) is 73.0 Å². The monoisotopic (exact) mass is 408 g/mol. The van der Waals surface area contributed by atoms with Crippen LogP contribution < -0.4 is 10.6 Å². The Balaban J connectivity index is 1.86. The van der Waals surface area contributed by atoms with Gasteiger partial charge in [-0.3, -0.25) is 9.79 Å². The molecule has 0 bridgehead atoms. The smallest absolute Gasteiger partial charge is 0.230 e. The summed E-state index contributed by atoms with van der Waals surface area (Å²) in [7, 11) is 3.72. The average Bonchev–Trinajstić information content (AvgIpc) is 3.20. The fourth-order valence-electron chi connectivity index (χ4n) is 4.60. The fraction of sp³-hybridized carbons (Fsp3) is 0.909. The predicted molar refractivity (Wildman–Crippen MR) is 121 cm³/mol. The largest absolute Gasteiger partial charge is 0.357 e. The molecule has 0 aromatic rings. The summed E-state index contributed by atoms with van der Waals surface area (Å²) in [6.45, 7) is 15.9. The molecule has 1 unspecified atom stereocenters. The molecule has 7 heteroatoms. The van der Waals surface area contributed by atoms with Crippen molar-refractivity contribution < 1.29 is 4.79 Å². The quantitative estimate of drug-likeness (QED) is 0.447. The first kappa shape index (κ1) is 23.9. The van der Waals surface area contributed by atoms with Crippen LogP contribution in [0.15, 0.2) is 4.99 Å². The number of hydrogen-bond donors (Lipinski definition) is 2. The first-order chi connectivity index (χ1) is 13.9. The minimum absolute atomic E-state index is 0.231. The van der Waals surface area contributed by atoms with Crippen LogP contribution in [-0.2, 0) is 4.79 Å². The maximum absolute atomic E-state index is 12.8. The van der Waals surface area contributed by atoms with Crippen molar-refractivity contribution in [2.24, 2.45) is 16.3 Å². The molecule has 1 saturated carbocycles. The molecule has 1 atom stereocenters. The van der Waals surface area contributed by atoms with Crippen molar-refractivity contribution in [1.82, 2.24) is 25.3 Å². The third kappa shape index (κ3) is 7.14. The second kappa shape index (κ2) is 11.7. The van der Waals surface area contributed by atoms with Gasteiger partial charge >= 0.3 is 0 Å². The Hall–Kier alpha value is -1.34. The molecule has 2 rings (SSSR count). The Morgan fingerprint density at radius 3 is 2.24 bits per heavy atom. The van der Waals surface area contributed by atoms with Crippen molar-refractivity contribution in [3.8, 4) is 0 Å². The molecule has 7 nitrogen and oxygen atoms in total. The summed E-state index contributed by atoms with van der Waals surface area (Å²) in [5.41, 5.74) is -0.309. The van der Waals surface area contributed by atoms with Crippen molar-refractivity contribution in [3.63, 3.8) is 0 Å². The average molecular weight is 409 g/mol. The number of carbonyl (C=O) groups is 1. The van der Waals surface area contributed by atoms with Gasteiger partial charge in [0.15, 0.2) is 5.96 Å². The number of nitrogens with zero attached hydrogens (tertiary/aromatic N) is 4. The van der Waals surface area contributed by atoms with E-state index in [1.54, 1.807) is 4.90 Å². The summed E-state index contributed by atoms with van der Waals surface area (Å²) in [6.07, 6.45) is 4.16. The van der Waals surface area contributed by atoms with Gasteiger partial charge in [-0.15, -0.1) is 0 Å². The molecule has 1 aliphatic heterocycles. The molecule has 0 aromatic carbocycles. The Bertz CT molecular complexity index is 521. The Kier molecular flexibility index (Phi) is 9.69. The maximum atomic E-state index is 12.8. The van der Waals surface area contributed by atoms with Gasteiger partial charge in [-0.2, -0.15) is 0 Å². The van der Waals surface area contributed by atoms with Gasteiger partial charge in [-0.1, -0.05) is 26.7 Å². The number of amides is 1. The van der Waals surface area contributed by atoms with E-state index < -0.39 is 0 Å². The van der Waals surface area contributed by atoms with Gasteiger partial charge in [0, 0.05) is 59.9 Å². The predicted octanol–water partition coefficient (Wildman–Crippen LogP) is 1.46. The van der Waals surface area contributed by atoms with Crippen LogP contribution in [0.2, 0.25) is 0 Å². The highest BCUT2D eigenvalue weighted by Crippen LogP contribution is 2.39. The van der Waals surface area contributed by atoms with Crippen LogP contribution in [0.5, 0.6) is 0 Å². The van der Waals surface area contributed by atoms with Gasteiger partial charge in [-0.25, -0.2) is 0 Å². The van der Waals surface area contributed by atoms with Crippen molar-refractivity contribution in [2.45, 2.75) is 46.5 Å². The van der Waals surface area contributed by atoms with Gasteiger partial charge in [0.25, 0.3) is 0 Å². The van der Waals surface area contributed by atoms with Crippen LogP contribution in [0.25, 0.3) is 0 Å². The highest BCUT2D eigenvalue weighted by molar-refractivity contribution is 5.84. The summed E-state index contributed by atoms with van der Waals surface area (Å²) in [5, 5.41) is 6.87. The van der Waals surface area contributed by atoms with E-state index in [2.05, 4.69) is 41.2 Å². The van der Waals surface area contributed by atoms with Crippen molar-refractivity contribution in [1.29, 1.82) is 0 Å². The maximum Gasteiger partial charge on any atom is 0.230 e. The lowest BCUT2D eigenvalue weighted by Crippen LogP contribution is -2.48. The number of aliphatic imine (C=N–C) groups is 1. The third-order valence-corrected chi connectivity index (χ3v) is 6.40. The molecule has 1 saturated heterocycles. The molecular formula is C22H44N6O. The van der Waals surface area contributed by atoms with Gasteiger partial charge in [0.05, 0.1) is 12.0 Å². The van der Waals surface area contributed by atoms with Gasteiger partial charge < -0.3 is 25.3 Å². The van der Waals surface area contributed by atoms with Gasteiger partial charge in [0.2, 0.25) is 5.91 Å². The van der Waals surface area contributed by atoms with Gasteiger partial charge in [-0.05, 0) is 32.2 Å². The lowest BCUT2D eigenvalue weighted by molar-refractivity contribution is -0.138. The van der Waals surface area contributed by atoms with Crippen molar-refractivity contribution in [3.05, 3.63) is 0 Å². The molecule has 1 amide bonds. The summed E-state index contributed by atoms with van der Waals surface area (Å²) < 4.78 is 0.